The summed E-state index contributed by atoms with van der Waals surface area (Å²) in [6.07, 6.45) is 2.77. The number of allylic oxidation sites excluding steroid dienone is 1. The Kier molecular flexibility index (Phi) is 4.17. The smallest absolute Gasteiger partial charge is 0.270 e. The number of rotatable bonds is 3. The molecule has 2 rings (SSSR count). The molecular weight excluding hydrogens is 300 g/mol. The molecule has 5 nitrogen and oxygen atoms in total. The van der Waals surface area contributed by atoms with E-state index in [-0.39, 0.29) is 11.1 Å². The van der Waals surface area contributed by atoms with Gasteiger partial charge in [-0.3, -0.25) is 10.1 Å². The molecule has 0 aliphatic heterocycles. The topological polar surface area (TPSA) is 72.2 Å². The normalized spacial score (nSPS) is 18.1. The van der Waals surface area contributed by atoms with Crippen LogP contribution in [0, 0.1) is 10.1 Å². The molecule has 1 unspecified atom stereocenters. The summed E-state index contributed by atoms with van der Waals surface area (Å²) < 4.78 is 15.0. The average molecular weight is 322 g/mol. The van der Waals surface area contributed by atoms with E-state index in [4.69, 9.17) is 0 Å². The van der Waals surface area contributed by atoms with E-state index in [9.17, 15) is 14.3 Å². The van der Waals surface area contributed by atoms with E-state index in [1.165, 1.54) is 6.07 Å². The van der Waals surface area contributed by atoms with Crippen LogP contribution >= 0.6 is 0 Å². The summed E-state index contributed by atoms with van der Waals surface area (Å²) in [5.74, 6) is 0. The van der Waals surface area contributed by atoms with E-state index in [1.54, 1.807) is 6.07 Å². The van der Waals surface area contributed by atoms with Crippen molar-refractivity contribution in [2.24, 2.45) is 0 Å². The molecule has 0 amide bonds. The lowest BCUT2D eigenvalue weighted by Gasteiger charge is -2.32. The van der Waals surface area contributed by atoms with Gasteiger partial charge in [0.2, 0.25) is 0 Å². The third kappa shape index (κ3) is 3.21. The fraction of sp³-hybridized carbons (Fsp3) is 0.500. The SMILES string of the molecule is CC1(C)CC=C(NS(=O)C(C)(C)C)c2cc([N+](=O)[O-])ccc21. The van der Waals surface area contributed by atoms with Crippen molar-refractivity contribution >= 4 is 22.4 Å². The van der Waals surface area contributed by atoms with Gasteiger partial charge in [-0.15, -0.1) is 0 Å². The number of nitro groups is 1. The minimum atomic E-state index is -1.27. The van der Waals surface area contributed by atoms with Gasteiger partial charge in [0, 0.05) is 17.7 Å². The molecule has 0 saturated carbocycles. The van der Waals surface area contributed by atoms with Crippen molar-refractivity contribution in [3.63, 3.8) is 0 Å². The maximum atomic E-state index is 12.3. The van der Waals surface area contributed by atoms with Gasteiger partial charge in [-0.2, -0.15) is 0 Å². The van der Waals surface area contributed by atoms with Crippen molar-refractivity contribution < 1.29 is 9.13 Å². The van der Waals surface area contributed by atoms with Crippen LogP contribution in [-0.4, -0.2) is 13.9 Å². The third-order valence-corrected chi connectivity index (χ3v) is 5.33. The second kappa shape index (κ2) is 5.50. The Hall–Kier alpha value is -1.69. The Balaban J connectivity index is 2.48. The van der Waals surface area contributed by atoms with E-state index in [2.05, 4.69) is 18.6 Å². The molecule has 1 aliphatic rings. The summed E-state index contributed by atoms with van der Waals surface area (Å²) in [5.41, 5.74) is 2.47. The summed E-state index contributed by atoms with van der Waals surface area (Å²) >= 11 is 0. The van der Waals surface area contributed by atoms with E-state index in [1.807, 2.05) is 32.9 Å². The van der Waals surface area contributed by atoms with Crippen LogP contribution in [0.5, 0.6) is 0 Å². The molecule has 0 aromatic heterocycles. The number of benzene rings is 1. The molecule has 120 valence electrons. The van der Waals surface area contributed by atoms with Gasteiger partial charge in [0.25, 0.3) is 5.69 Å². The van der Waals surface area contributed by atoms with Gasteiger partial charge in [0.05, 0.1) is 15.4 Å². The molecule has 0 heterocycles. The third-order valence-electron chi connectivity index (χ3n) is 3.81. The average Bonchev–Trinajstić information content (AvgIpc) is 2.40. The highest BCUT2D eigenvalue weighted by atomic mass is 32.2. The molecule has 1 aromatic carbocycles. The Labute approximate surface area is 133 Å². The van der Waals surface area contributed by atoms with Crippen molar-refractivity contribution in [1.29, 1.82) is 0 Å². The summed E-state index contributed by atoms with van der Waals surface area (Å²) in [5, 5.41) is 11.0. The molecule has 1 N–H and O–H groups in total. The minimum absolute atomic E-state index is 0.0469. The lowest BCUT2D eigenvalue weighted by atomic mass is 9.75. The van der Waals surface area contributed by atoms with Gasteiger partial charge in [-0.25, -0.2) is 4.21 Å². The fourth-order valence-corrected chi connectivity index (χ4v) is 3.08. The summed E-state index contributed by atoms with van der Waals surface area (Å²) in [6, 6.07) is 4.90. The van der Waals surface area contributed by atoms with Crippen LogP contribution in [0.4, 0.5) is 5.69 Å². The number of hydrogen-bond acceptors (Lipinski definition) is 3. The first-order chi connectivity index (χ1) is 10.0. The largest absolute Gasteiger partial charge is 0.304 e. The number of nitro benzene ring substituents is 1. The van der Waals surface area contributed by atoms with E-state index >= 15 is 0 Å². The number of fused-ring (bicyclic) bond motifs is 1. The molecule has 0 bridgehead atoms. The highest BCUT2D eigenvalue weighted by Gasteiger charge is 2.31. The zero-order valence-electron chi connectivity index (χ0n) is 13.6. The molecule has 1 aliphatic carbocycles. The Morgan fingerprint density at radius 1 is 1.32 bits per heavy atom. The van der Waals surface area contributed by atoms with Crippen molar-refractivity contribution in [2.75, 3.05) is 0 Å². The first kappa shape index (κ1) is 16.7. The molecule has 0 spiro atoms. The molecule has 6 heteroatoms. The van der Waals surface area contributed by atoms with Crippen molar-refractivity contribution in [3.8, 4) is 0 Å². The highest BCUT2D eigenvalue weighted by Crippen LogP contribution is 2.39. The monoisotopic (exact) mass is 322 g/mol. The summed E-state index contributed by atoms with van der Waals surface area (Å²) in [7, 11) is -1.27. The van der Waals surface area contributed by atoms with Crippen molar-refractivity contribution in [2.45, 2.75) is 51.2 Å². The van der Waals surface area contributed by atoms with E-state index in [0.717, 1.165) is 17.5 Å². The summed E-state index contributed by atoms with van der Waals surface area (Å²) in [4.78, 5) is 10.6. The minimum Gasteiger partial charge on any atom is -0.304 e. The Morgan fingerprint density at radius 2 is 1.95 bits per heavy atom. The van der Waals surface area contributed by atoms with Crippen LogP contribution in [0.15, 0.2) is 24.3 Å². The van der Waals surface area contributed by atoms with Crippen LogP contribution in [0.2, 0.25) is 0 Å². The predicted octanol–water partition coefficient (Wildman–Crippen LogP) is 3.67. The van der Waals surface area contributed by atoms with Crippen LogP contribution < -0.4 is 4.72 Å². The maximum absolute atomic E-state index is 12.3. The van der Waals surface area contributed by atoms with Crippen LogP contribution in [0.25, 0.3) is 5.70 Å². The Bertz CT molecular complexity index is 672. The van der Waals surface area contributed by atoms with Crippen LogP contribution in [-0.2, 0) is 16.4 Å². The molecule has 1 atom stereocenters. The first-order valence-corrected chi connectivity index (χ1v) is 8.35. The second-order valence-electron chi connectivity index (χ2n) is 7.18. The number of non-ortho nitro benzene ring substituents is 1. The zero-order valence-corrected chi connectivity index (χ0v) is 14.4. The van der Waals surface area contributed by atoms with Crippen molar-refractivity contribution in [1.82, 2.24) is 4.72 Å². The number of hydrogen-bond donors (Lipinski definition) is 1. The number of nitrogens with one attached hydrogen (secondary N) is 1. The molecule has 0 saturated heterocycles. The van der Waals surface area contributed by atoms with E-state index < -0.39 is 20.7 Å². The maximum Gasteiger partial charge on any atom is 0.270 e. The predicted molar refractivity (Wildman–Crippen MR) is 89.7 cm³/mol. The zero-order chi connectivity index (χ0) is 16.7. The number of nitrogens with zero attached hydrogens (tertiary/aromatic N) is 1. The van der Waals surface area contributed by atoms with Gasteiger partial charge in [0.15, 0.2) is 0 Å². The molecular formula is C16H22N2O3S. The summed E-state index contributed by atoms with van der Waals surface area (Å²) in [6.45, 7) is 9.87. The van der Waals surface area contributed by atoms with Crippen LogP contribution in [0.3, 0.4) is 0 Å². The van der Waals surface area contributed by atoms with Gasteiger partial charge in [-0.05, 0) is 38.2 Å². The van der Waals surface area contributed by atoms with Gasteiger partial charge in [-0.1, -0.05) is 26.0 Å². The first-order valence-electron chi connectivity index (χ1n) is 7.20. The van der Waals surface area contributed by atoms with Crippen LogP contribution in [0.1, 0.15) is 52.2 Å². The van der Waals surface area contributed by atoms with Gasteiger partial charge >= 0.3 is 0 Å². The lowest BCUT2D eigenvalue weighted by Crippen LogP contribution is -2.34. The van der Waals surface area contributed by atoms with E-state index in [0.29, 0.717) is 5.70 Å². The quantitative estimate of drug-likeness (QED) is 0.681. The molecule has 22 heavy (non-hydrogen) atoms. The Morgan fingerprint density at radius 3 is 2.50 bits per heavy atom. The molecule has 0 fully saturated rings. The highest BCUT2D eigenvalue weighted by molar-refractivity contribution is 7.84. The standard InChI is InChI=1S/C16H22N2O3S/c1-15(2,3)22(21)17-14-8-9-16(4,5)13-7-6-11(18(19)20)10-12(13)14/h6-8,10,17H,9H2,1-5H3. The van der Waals surface area contributed by atoms with Crippen molar-refractivity contribution in [3.05, 3.63) is 45.5 Å². The fourth-order valence-electron chi connectivity index (χ4n) is 2.39. The second-order valence-corrected chi connectivity index (χ2v) is 9.14. The van der Waals surface area contributed by atoms with Gasteiger partial charge < -0.3 is 4.72 Å². The molecule has 0 radical (unpaired) electrons. The molecule has 1 aromatic rings. The van der Waals surface area contributed by atoms with Gasteiger partial charge in [0.1, 0.15) is 11.0 Å². The lowest BCUT2D eigenvalue weighted by molar-refractivity contribution is -0.384.